The van der Waals surface area contributed by atoms with Crippen LogP contribution < -0.4 is 11.1 Å². The first-order chi connectivity index (χ1) is 10.7. The highest BCUT2D eigenvalue weighted by Gasteiger charge is 2.32. The molecule has 0 saturated heterocycles. The van der Waals surface area contributed by atoms with Crippen molar-refractivity contribution in [3.05, 3.63) is 48.0 Å². The number of nitrogens with one attached hydrogen (secondary N) is 1. The van der Waals surface area contributed by atoms with Crippen molar-refractivity contribution in [1.29, 1.82) is 0 Å². The van der Waals surface area contributed by atoms with Crippen LogP contribution in [-0.2, 0) is 4.79 Å². The van der Waals surface area contributed by atoms with Gasteiger partial charge >= 0.3 is 0 Å². The summed E-state index contributed by atoms with van der Waals surface area (Å²) < 4.78 is 0. The van der Waals surface area contributed by atoms with Gasteiger partial charge in [0.15, 0.2) is 0 Å². The average Bonchev–Trinajstić information content (AvgIpc) is 3.03. The van der Waals surface area contributed by atoms with E-state index in [1.54, 1.807) is 0 Å². The predicted molar refractivity (Wildman–Crippen MR) is 97.6 cm³/mol. The van der Waals surface area contributed by atoms with E-state index >= 15 is 0 Å². The first-order valence-corrected chi connectivity index (χ1v) is 8.19. The van der Waals surface area contributed by atoms with Gasteiger partial charge in [0.2, 0.25) is 5.91 Å². The van der Waals surface area contributed by atoms with Crippen molar-refractivity contribution < 1.29 is 4.79 Å². The third-order valence-electron chi connectivity index (χ3n) is 4.95. The van der Waals surface area contributed by atoms with Crippen molar-refractivity contribution in [1.82, 2.24) is 5.32 Å². The van der Waals surface area contributed by atoms with Gasteiger partial charge in [-0.2, -0.15) is 0 Å². The number of rotatable bonds is 4. The summed E-state index contributed by atoms with van der Waals surface area (Å²) in [7, 11) is 0. The molecule has 3 N–H and O–H groups in total. The fourth-order valence-corrected chi connectivity index (χ4v) is 3.69. The summed E-state index contributed by atoms with van der Waals surface area (Å²) in [6.07, 6.45) is 3.16. The summed E-state index contributed by atoms with van der Waals surface area (Å²) in [6, 6.07) is 14.6. The number of benzene rings is 2. The van der Waals surface area contributed by atoms with Crippen LogP contribution in [0.25, 0.3) is 10.8 Å². The molecule has 0 aromatic heterocycles. The predicted octanol–water partition coefficient (Wildman–Crippen LogP) is 3.81. The van der Waals surface area contributed by atoms with E-state index in [9.17, 15) is 4.79 Å². The molecule has 124 valence electrons. The summed E-state index contributed by atoms with van der Waals surface area (Å²) in [5.41, 5.74) is 6.97. The van der Waals surface area contributed by atoms with E-state index in [4.69, 9.17) is 5.73 Å². The summed E-state index contributed by atoms with van der Waals surface area (Å²) in [4.78, 5) is 12.6. The number of carbonyl (C=O) groups is 1. The van der Waals surface area contributed by atoms with Crippen molar-refractivity contribution in [3.8, 4) is 0 Å². The zero-order valence-corrected chi connectivity index (χ0v) is 14.3. The Bertz CT molecular complexity index is 668. The number of hydrogen-bond donors (Lipinski definition) is 2. The van der Waals surface area contributed by atoms with Crippen LogP contribution in [-0.4, -0.2) is 12.5 Å². The van der Waals surface area contributed by atoms with E-state index in [0.29, 0.717) is 12.5 Å². The zero-order chi connectivity index (χ0) is 15.5. The SMILES string of the molecule is CC(NC(=O)[C@@H]1CCC[C@@H]1CN)c1cccc2ccccc12.Cl. The maximum absolute atomic E-state index is 12.6. The van der Waals surface area contributed by atoms with Crippen LogP contribution in [0.15, 0.2) is 42.5 Å². The van der Waals surface area contributed by atoms with E-state index in [2.05, 4.69) is 42.6 Å². The van der Waals surface area contributed by atoms with Crippen LogP contribution in [0.4, 0.5) is 0 Å². The molecule has 1 fully saturated rings. The van der Waals surface area contributed by atoms with Gasteiger partial charge in [-0.3, -0.25) is 4.79 Å². The van der Waals surface area contributed by atoms with Gasteiger partial charge in [-0.15, -0.1) is 12.4 Å². The first-order valence-electron chi connectivity index (χ1n) is 8.19. The molecular weight excluding hydrogens is 308 g/mol. The molecule has 1 aliphatic carbocycles. The molecule has 2 aromatic carbocycles. The number of fused-ring (bicyclic) bond motifs is 1. The molecule has 1 saturated carbocycles. The van der Waals surface area contributed by atoms with E-state index < -0.39 is 0 Å². The van der Waals surface area contributed by atoms with Gasteiger partial charge in [-0.1, -0.05) is 48.9 Å². The summed E-state index contributed by atoms with van der Waals surface area (Å²) in [5.74, 6) is 0.593. The van der Waals surface area contributed by atoms with Crippen LogP contribution in [0.3, 0.4) is 0 Å². The van der Waals surface area contributed by atoms with Gasteiger partial charge in [-0.05, 0) is 48.6 Å². The van der Waals surface area contributed by atoms with Crippen molar-refractivity contribution in [2.24, 2.45) is 17.6 Å². The molecule has 4 heteroatoms. The molecule has 0 aliphatic heterocycles. The lowest BCUT2D eigenvalue weighted by Gasteiger charge is -2.22. The van der Waals surface area contributed by atoms with Gasteiger partial charge in [0.25, 0.3) is 0 Å². The Morgan fingerprint density at radius 1 is 1.22 bits per heavy atom. The van der Waals surface area contributed by atoms with Crippen molar-refractivity contribution in [3.63, 3.8) is 0 Å². The average molecular weight is 333 g/mol. The summed E-state index contributed by atoms with van der Waals surface area (Å²) in [6.45, 7) is 2.67. The van der Waals surface area contributed by atoms with Crippen LogP contribution in [0.1, 0.15) is 37.8 Å². The lowest BCUT2D eigenvalue weighted by molar-refractivity contribution is -0.126. The van der Waals surface area contributed by atoms with Crippen LogP contribution in [0.5, 0.6) is 0 Å². The molecule has 3 rings (SSSR count). The maximum atomic E-state index is 12.6. The second kappa shape index (κ2) is 7.80. The normalized spacial score (nSPS) is 21.7. The minimum atomic E-state index is 0. The standard InChI is InChI=1S/C19H24N2O.ClH/c1-13(21-19(22)18-11-5-8-15(18)12-20)16-10-4-7-14-6-2-3-9-17(14)16;/h2-4,6-7,9-10,13,15,18H,5,8,11-12,20H2,1H3,(H,21,22);1H/t13?,15-,18-;/m1./s1. The smallest absolute Gasteiger partial charge is 0.223 e. The minimum Gasteiger partial charge on any atom is -0.349 e. The van der Waals surface area contributed by atoms with Gasteiger partial charge in [0.1, 0.15) is 0 Å². The van der Waals surface area contributed by atoms with Gasteiger partial charge in [0.05, 0.1) is 6.04 Å². The Labute approximate surface area is 144 Å². The molecule has 23 heavy (non-hydrogen) atoms. The quantitative estimate of drug-likeness (QED) is 0.894. The number of hydrogen-bond acceptors (Lipinski definition) is 2. The second-order valence-electron chi connectivity index (χ2n) is 6.33. The fraction of sp³-hybridized carbons (Fsp3) is 0.421. The summed E-state index contributed by atoms with van der Waals surface area (Å²) >= 11 is 0. The third kappa shape index (κ3) is 3.67. The Morgan fingerprint density at radius 3 is 2.74 bits per heavy atom. The van der Waals surface area contributed by atoms with Crippen molar-refractivity contribution in [2.75, 3.05) is 6.54 Å². The van der Waals surface area contributed by atoms with Crippen LogP contribution in [0, 0.1) is 11.8 Å². The monoisotopic (exact) mass is 332 g/mol. The largest absolute Gasteiger partial charge is 0.349 e. The number of amides is 1. The maximum Gasteiger partial charge on any atom is 0.223 e. The summed E-state index contributed by atoms with van der Waals surface area (Å²) in [5, 5.41) is 5.62. The Hall–Kier alpha value is -1.58. The first kappa shape index (κ1) is 17.8. The van der Waals surface area contributed by atoms with E-state index in [-0.39, 0.29) is 30.3 Å². The van der Waals surface area contributed by atoms with E-state index in [0.717, 1.165) is 19.3 Å². The fourth-order valence-electron chi connectivity index (χ4n) is 3.69. The van der Waals surface area contributed by atoms with Crippen molar-refractivity contribution in [2.45, 2.75) is 32.2 Å². The Balaban J connectivity index is 0.00000192. The van der Waals surface area contributed by atoms with Crippen LogP contribution in [0.2, 0.25) is 0 Å². The molecule has 0 spiro atoms. The Kier molecular flexibility index (Phi) is 6.03. The van der Waals surface area contributed by atoms with Gasteiger partial charge in [0, 0.05) is 5.92 Å². The lowest BCUT2D eigenvalue weighted by atomic mass is 9.94. The lowest BCUT2D eigenvalue weighted by Crippen LogP contribution is -2.36. The molecule has 3 nitrogen and oxygen atoms in total. The molecule has 0 bridgehead atoms. The number of halogens is 1. The molecule has 2 aromatic rings. The van der Waals surface area contributed by atoms with E-state index in [1.165, 1.54) is 16.3 Å². The second-order valence-corrected chi connectivity index (χ2v) is 6.33. The molecule has 3 atom stereocenters. The minimum absolute atomic E-state index is 0. The highest BCUT2D eigenvalue weighted by Crippen LogP contribution is 2.32. The molecule has 0 radical (unpaired) electrons. The molecular formula is C19H25ClN2O. The topological polar surface area (TPSA) is 55.1 Å². The number of carbonyl (C=O) groups excluding carboxylic acids is 1. The van der Waals surface area contributed by atoms with E-state index in [1.807, 2.05) is 12.1 Å². The third-order valence-corrected chi connectivity index (χ3v) is 4.95. The zero-order valence-electron chi connectivity index (χ0n) is 13.5. The molecule has 0 heterocycles. The molecule has 1 aliphatic rings. The molecule has 1 unspecified atom stereocenters. The van der Waals surface area contributed by atoms with Crippen molar-refractivity contribution >= 4 is 29.1 Å². The van der Waals surface area contributed by atoms with Gasteiger partial charge in [-0.25, -0.2) is 0 Å². The Morgan fingerprint density at radius 2 is 1.96 bits per heavy atom. The van der Waals surface area contributed by atoms with Gasteiger partial charge < -0.3 is 11.1 Å². The molecule has 1 amide bonds. The van der Waals surface area contributed by atoms with Crippen LogP contribution >= 0.6 is 12.4 Å². The number of nitrogens with two attached hydrogens (primary N) is 1. The highest BCUT2D eigenvalue weighted by atomic mass is 35.5. The highest BCUT2D eigenvalue weighted by molar-refractivity contribution is 5.87.